The molecule has 0 amide bonds. The molecule has 0 aliphatic carbocycles. The zero-order chi connectivity index (χ0) is 23.8. The fourth-order valence-corrected chi connectivity index (χ4v) is 2.53. The van der Waals surface area contributed by atoms with E-state index >= 15 is 0 Å². The summed E-state index contributed by atoms with van der Waals surface area (Å²) in [4.78, 5) is 9.85. The van der Waals surface area contributed by atoms with Gasteiger partial charge in [0.05, 0.1) is 5.71 Å². The number of alkyl halides is 2. The van der Waals surface area contributed by atoms with Crippen molar-refractivity contribution in [1.29, 1.82) is 10.8 Å². The van der Waals surface area contributed by atoms with E-state index in [1.54, 1.807) is 18.2 Å². The first-order chi connectivity index (χ1) is 15.1. The second-order valence-electron chi connectivity index (χ2n) is 6.87. The number of pyridine rings is 1. The first-order valence-electron chi connectivity index (χ1n) is 9.45. The van der Waals surface area contributed by atoms with Gasteiger partial charge in [0.1, 0.15) is 23.9 Å². The Hall–Kier alpha value is -3.69. The molecule has 32 heavy (non-hydrogen) atoms. The van der Waals surface area contributed by atoms with Crippen molar-refractivity contribution in [1.82, 2.24) is 9.88 Å². The van der Waals surface area contributed by atoms with E-state index in [4.69, 9.17) is 20.3 Å². The number of aromatic nitrogens is 1. The minimum Gasteiger partial charge on any atom is -0.485 e. The number of nitrogens with zero attached hydrogens (tertiary/aromatic N) is 3. The number of halogens is 3. The second kappa shape index (κ2) is 11.1. The Labute approximate surface area is 184 Å². The van der Waals surface area contributed by atoms with Crippen molar-refractivity contribution in [2.45, 2.75) is 13.3 Å². The Morgan fingerprint density at radius 3 is 2.59 bits per heavy atom. The third-order valence-corrected chi connectivity index (χ3v) is 4.27. The van der Waals surface area contributed by atoms with Gasteiger partial charge < -0.3 is 19.8 Å². The highest BCUT2D eigenvalue weighted by Gasteiger charge is 2.19. The first kappa shape index (κ1) is 24.6. The number of hydrogen-bond donors (Lipinski definition) is 2. The molecule has 0 atom stereocenters. The molecule has 0 aliphatic heterocycles. The summed E-state index contributed by atoms with van der Waals surface area (Å²) >= 11 is 0. The van der Waals surface area contributed by atoms with E-state index in [0.717, 1.165) is 11.8 Å². The molecule has 0 radical (unpaired) electrons. The number of benzene rings is 1. The maximum absolute atomic E-state index is 14.3. The van der Waals surface area contributed by atoms with Crippen LogP contribution in [0, 0.1) is 16.6 Å². The zero-order valence-corrected chi connectivity index (χ0v) is 18.1. The van der Waals surface area contributed by atoms with Gasteiger partial charge in [-0.1, -0.05) is 0 Å². The molecule has 0 aliphatic rings. The third kappa shape index (κ3) is 6.66. The molecule has 10 heteroatoms. The van der Waals surface area contributed by atoms with E-state index in [-0.39, 0.29) is 35.0 Å². The zero-order valence-electron chi connectivity index (χ0n) is 18.1. The molecular formula is C22H24F3N5O2. The van der Waals surface area contributed by atoms with Gasteiger partial charge in [-0.25, -0.2) is 4.39 Å². The number of aliphatic imine (C=N–C) groups is 1. The molecule has 1 heterocycles. The smallest absolute Gasteiger partial charge is 0.312 e. The molecule has 170 valence electrons. The van der Waals surface area contributed by atoms with Gasteiger partial charge in [0.15, 0.2) is 0 Å². The predicted molar refractivity (Wildman–Crippen MR) is 118 cm³/mol. The molecule has 1 aromatic heterocycles. The molecule has 0 saturated carbocycles. The van der Waals surface area contributed by atoms with Crippen LogP contribution in [-0.2, 0) is 4.74 Å². The van der Waals surface area contributed by atoms with Crippen LogP contribution in [0.3, 0.4) is 0 Å². The predicted octanol–water partition coefficient (Wildman–Crippen LogP) is 4.39. The minimum absolute atomic E-state index is 0.0393. The van der Waals surface area contributed by atoms with Crippen LogP contribution >= 0.6 is 0 Å². The SMILES string of the molecule is C/N=C(\OC(=N)C(F)F)c1cc(F)cc(-c2ncccc2OCC(=N)/C=C(/C)N(C)C)c1. The Kier molecular flexibility index (Phi) is 8.51. The van der Waals surface area contributed by atoms with E-state index in [0.29, 0.717) is 5.75 Å². The quantitative estimate of drug-likeness (QED) is 0.464. The van der Waals surface area contributed by atoms with Gasteiger partial charge in [-0.2, -0.15) is 8.78 Å². The fraction of sp³-hybridized carbons (Fsp3) is 0.273. The normalized spacial score (nSPS) is 12.0. The van der Waals surface area contributed by atoms with Gasteiger partial charge in [0.2, 0.25) is 5.90 Å². The molecular weight excluding hydrogens is 423 g/mol. The van der Waals surface area contributed by atoms with Crippen LogP contribution in [0.25, 0.3) is 11.3 Å². The largest absolute Gasteiger partial charge is 0.485 e. The molecule has 0 unspecified atom stereocenters. The average Bonchev–Trinajstić information content (AvgIpc) is 2.75. The van der Waals surface area contributed by atoms with E-state index in [1.807, 2.05) is 25.9 Å². The van der Waals surface area contributed by atoms with E-state index in [9.17, 15) is 13.2 Å². The van der Waals surface area contributed by atoms with Crippen molar-refractivity contribution in [3.05, 3.63) is 59.7 Å². The minimum atomic E-state index is -3.13. The molecule has 0 saturated heterocycles. The maximum Gasteiger partial charge on any atom is 0.312 e. The Balaban J connectivity index is 2.34. The monoisotopic (exact) mass is 447 g/mol. The molecule has 2 N–H and O–H groups in total. The van der Waals surface area contributed by atoms with Gasteiger partial charge >= 0.3 is 6.43 Å². The lowest BCUT2D eigenvalue weighted by atomic mass is 10.1. The van der Waals surface area contributed by atoms with Crippen LogP contribution in [-0.4, -0.2) is 61.6 Å². The molecule has 1 aromatic carbocycles. The molecule has 0 spiro atoms. The third-order valence-electron chi connectivity index (χ3n) is 4.27. The summed E-state index contributed by atoms with van der Waals surface area (Å²) in [6.07, 6.45) is 0.0257. The highest BCUT2D eigenvalue weighted by Crippen LogP contribution is 2.29. The van der Waals surface area contributed by atoms with Gasteiger partial charge in [-0.05, 0) is 43.3 Å². The number of rotatable bonds is 8. The van der Waals surface area contributed by atoms with Crippen LogP contribution in [0.2, 0.25) is 0 Å². The van der Waals surface area contributed by atoms with E-state index < -0.39 is 18.1 Å². The summed E-state index contributed by atoms with van der Waals surface area (Å²) in [6.45, 7) is 1.82. The number of allylic oxidation sites excluding steroid dienone is 1. The fourth-order valence-electron chi connectivity index (χ4n) is 2.53. The topological polar surface area (TPSA) is 94.6 Å². The van der Waals surface area contributed by atoms with Gasteiger partial charge in [0, 0.05) is 44.2 Å². The van der Waals surface area contributed by atoms with Crippen LogP contribution in [0.15, 0.2) is 53.3 Å². The molecule has 0 fully saturated rings. The lowest BCUT2D eigenvalue weighted by Crippen LogP contribution is -2.19. The summed E-state index contributed by atoms with van der Waals surface area (Å²) in [5.41, 5.74) is 1.73. The standard InChI is InChI=1S/C22H24F3N5O2/c1-13(30(3)4)8-17(26)12-31-18-6-5-7-29-19(18)14-9-15(11-16(23)10-14)22(28-2)32-21(27)20(24)25/h5-11,20,26-27H,12H2,1-4H3/b13-8-,26-17?,27-21?,28-22-. The van der Waals surface area contributed by atoms with E-state index in [1.165, 1.54) is 25.4 Å². The number of hydrogen-bond acceptors (Lipinski definition) is 7. The number of nitrogens with one attached hydrogen (secondary N) is 2. The lowest BCUT2D eigenvalue weighted by molar-refractivity contribution is 0.198. The summed E-state index contributed by atoms with van der Waals surface area (Å²) < 4.78 is 50.2. The Bertz CT molecular complexity index is 1050. The highest BCUT2D eigenvalue weighted by molar-refractivity contribution is 6.02. The Morgan fingerprint density at radius 1 is 1.25 bits per heavy atom. The molecule has 7 nitrogen and oxygen atoms in total. The average molecular weight is 447 g/mol. The molecule has 0 bridgehead atoms. The summed E-state index contributed by atoms with van der Waals surface area (Å²) in [6, 6.07) is 6.96. The lowest BCUT2D eigenvalue weighted by Gasteiger charge is -2.14. The van der Waals surface area contributed by atoms with Crippen LogP contribution < -0.4 is 4.74 Å². The molecule has 2 aromatic rings. The van der Waals surface area contributed by atoms with Crippen molar-refractivity contribution in [3.8, 4) is 17.0 Å². The van der Waals surface area contributed by atoms with Crippen LogP contribution in [0.1, 0.15) is 12.5 Å². The Morgan fingerprint density at radius 2 is 1.97 bits per heavy atom. The summed E-state index contributed by atoms with van der Waals surface area (Å²) in [5.74, 6) is -2.00. The van der Waals surface area contributed by atoms with Crippen molar-refractivity contribution in [3.63, 3.8) is 0 Å². The van der Waals surface area contributed by atoms with Crippen molar-refractivity contribution >= 4 is 17.5 Å². The summed E-state index contributed by atoms with van der Waals surface area (Å²) in [5, 5.41) is 15.3. The molecule has 2 rings (SSSR count). The van der Waals surface area contributed by atoms with Gasteiger partial charge in [-0.3, -0.25) is 15.4 Å². The van der Waals surface area contributed by atoms with Gasteiger partial charge in [0.25, 0.3) is 5.90 Å². The first-order valence-corrected chi connectivity index (χ1v) is 9.45. The highest BCUT2D eigenvalue weighted by atomic mass is 19.3. The maximum atomic E-state index is 14.3. The van der Waals surface area contributed by atoms with Crippen molar-refractivity contribution < 1.29 is 22.6 Å². The van der Waals surface area contributed by atoms with Crippen molar-refractivity contribution in [2.24, 2.45) is 4.99 Å². The second-order valence-corrected chi connectivity index (χ2v) is 6.87. The van der Waals surface area contributed by atoms with Crippen molar-refractivity contribution in [2.75, 3.05) is 27.7 Å². The van der Waals surface area contributed by atoms with Crippen LogP contribution in [0.4, 0.5) is 13.2 Å². The van der Waals surface area contributed by atoms with Crippen LogP contribution in [0.5, 0.6) is 5.75 Å². The van der Waals surface area contributed by atoms with E-state index in [2.05, 4.69) is 9.98 Å². The summed E-state index contributed by atoms with van der Waals surface area (Å²) in [7, 11) is 5.00. The van der Waals surface area contributed by atoms with Gasteiger partial charge in [-0.15, -0.1) is 0 Å². The number of ether oxygens (including phenoxy) is 2.